The molecule has 0 bridgehead atoms. The van der Waals surface area contributed by atoms with Gasteiger partial charge >= 0.3 is 0 Å². The zero-order valence-electron chi connectivity index (χ0n) is 12.7. The molecular formula is C18H22N2O2. The first kappa shape index (κ1) is 15.0. The summed E-state index contributed by atoms with van der Waals surface area (Å²) in [5, 5.41) is 9.19. The molecule has 0 saturated heterocycles. The van der Waals surface area contributed by atoms with Gasteiger partial charge in [0.1, 0.15) is 0 Å². The number of benzene rings is 1. The SMILES string of the molecule is OCc1cccc(-c2ncc(OCC3CCCCC3)cn2)c1. The Kier molecular flexibility index (Phi) is 5.01. The molecule has 1 heterocycles. The Morgan fingerprint density at radius 2 is 1.86 bits per heavy atom. The molecule has 1 aliphatic carbocycles. The van der Waals surface area contributed by atoms with E-state index in [0.29, 0.717) is 11.7 Å². The predicted molar refractivity (Wildman–Crippen MR) is 85.5 cm³/mol. The van der Waals surface area contributed by atoms with Crippen LogP contribution in [0.2, 0.25) is 0 Å². The summed E-state index contributed by atoms with van der Waals surface area (Å²) in [7, 11) is 0. The molecule has 116 valence electrons. The van der Waals surface area contributed by atoms with Crippen molar-refractivity contribution in [2.45, 2.75) is 38.7 Å². The number of aromatic nitrogens is 2. The zero-order valence-corrected chi connectivity index (χ0v) is 12.7. The lowest BCUT2D eigenvalue weighted by molar-refractivity contribution is 0.207. The number of nitrogens with zero attached hydrogens (tertiary/aromatic N) is 2. The van der Waals surface area contributed by atoms with Gasteiger partial charge in [0, 0.05) is 5.56 Å². The van der Waals surface area contributed by atoms with Gasteiger partial charge in [-0.15, -0.1) is 0 Å². The monoisotopic (exact) mass is 298 g/mol. The van der Waals surface area contributed by atoms with E-state index in [1.165, 1.54) is 32.1 Å². The van der Waals surface area contributed by atoms with E-state index in [9.17, 15) is 5.11 Å². The van der Waals surface area contributed by atoms with Gasteiger partial charge in [0.2, 0.25) is 0 Å². The Morgan fingerprint density at radius 3 is 2.59 bits per heavy atom. The van der Waals surface area contributed by atoms with E-state index in [0.717, 1.165) is 23.5 Å². The van der Waals surface area contributed by atoms with Crippen LogP contribution in [0.3, 0.4) is 0 Å². The first-order valence-electron chi connectivity index (χ1n) is 8.00. The van der Waals surface area contributed by atoms with Crippen LogP contribution in [0.15, 0.2) is 36.7 Å². The van der Waals surface area contributed by atoms with Gasteiger partial charge in [-0.25, -0.2) is 9.97 Å². The van der Waals surface area contributed by atoms with Crippen molar-refractivity contribution in [3.63, 3.8) is 0 Å². The average Bonchev–Trinajstić information content (AvgIpc) is 2.61. The van der Waals surface area contributed by atoms with Crippen molar-refractivity contribution in [3.05, 3.63) is 42.2 Å². The van der Waals surface area contributed by atoms with Crippen molar-refractivity contribution >= 4 is 0 Å². The quantitative estimate of drug-likeness (QED) is 0.916. The fourth-order valence-electron chi connectivity index (χ4n) is 2.92. The molecule has 1 aromatic carbocycles. The third kappa shape index (κ3) is 3.83. The van der Waals surface area contributed by atoms with Gasteiger partial charge in [0.25, 0.3) is 0 Å². The lowest BCUT2D eigenvalue weighted by Gasteiger charge is -2.21. The normalized spacial score (nSPS) is 15.7. The number of hydrogen-bond acceptors (Lipinski definition) is 4. The Balaban J connectivity index is 1.61. The van der Waals surface area contributed by atoms with E-state index >= 15 is 0 Å². The lowest BCUT2D eigenvalue weighted by Crippen LogP contribution is -2.15. The molecule has 1 N–H and O–H groups in total. The molecule has 1 saturated carbocycles. The summed E-state index contributed by atoms with van der Waals surface area (Å²) in [6, 6.07) is 7.62. The minimum atomic E-state index is 0.0242. The standard InChI is InChI=1S/C18H22N2O2/c21-12-15-7-4-8-16(9-15)18-19-10-17(11-20-18)22-13-14-5-2-1-3-6-14/h4,7-11,14,21H,1-3,5-6,12-13H2. The van der Waals surface area contributed by atoms with Crippen LogP contribution in [0.5, 0.6) is 5.75 Å². The maximum atomic E-state index is 9.19. The third-order valence-corrected chi connectivity index (χ3v) is 4.21. The maximum Gasteiger partial charge on any atom is 0.159 e. The van der Waals surface area contributed by atoms with Gasteiger partial charge in [-0.05, 0) is 30.4 Å². The topological polar surface area (TPSA) is 55.2 Å². The average molecular weight is 298 g/mol. The van der Waals surface area contributed by atoms with E-state index in [1.807, 2.05) is 24.3 Å². The summed E-state index contributed by atoms with van der Waals surface area (Å²) >= 11 is 0. The molecule has 0 spiro atoms. The Labute approximate surface area is 131 Å². The number of rotatable bonds is 5. The molecule has 22 heavy (non-hydrogen) atoms. The Bertz CT molecular complexity index is 592. The van der Waals surface area contributed by atoms with Gasteiger partial charge < -0.3 is 9.84 Å². The number of ether oxygens (including phenoxy) is 1. The molecule has 0 radical (unpaired) electrons. The first-order valence-corrected chi connectivity index (χ1v) is 8.00. The van der Waals surface area contributed by atoms with Crippen molar-refractivity contribution in [1.82, 2.24) is 9.97 Å². The zero-order chi connectivity index (χ0) is 15.2. The van der Waals surface area contributed by atoms with Gasteiger partial charge in [-0.3, -0.25) is 0 Å². The second-order valence-electron chi connectivity index (χ2n) is 5.92. The largest absolute Gasteiger partial charge is 0.490 e. The van der Waals surface area contributed by atoms with Crippen molar-refractivity contribution in [2.24, 2.45) is 5.92 Å². The van der Waals surface area contributed by atoms with E-state index in [1.54, 1.807) is 12.4 Å². The molecule has 4 nitrogen and oxygen atoms in total. The van der Waals surface area contributed by atoms with Gasteiger partial charge in [0.05, 0.1) is 25.6 Å². The van der Waals surface area contributed by atoms with Crippen LogP contribution in [0.4, 0.5) is 0 Å². The van der Waals surface area contributed by atoms with Crippen LogP contribution >= 0.6 is 0 Å². The fraction of sp³-hybridized carbons (Fsp3) is 0.444. The van der Waals surface area contributed by atoms with E-state index in [-0.39, 0.29) is 6.61 Å². The summed E-state index contributed by atoms with van der Waals surface area (Å²) in [4.78, 5) is 8.74. The van der Waals surface area contributed by atoms with Crippen LogP contribution < -0.4 is 4.74 Å². The van der Waals surface area contributed by atoms with E-state index in [4.69, 9.17) is 4.74 Å². The summed E-state index contributed by atoms with van der Waals surface area (Å²) in [5.41, 5.74) is 1.77. The highest BCUT2D eigenvalue weighted by molar-refractivity contribution is 5.55. The lowest BCUT2D eigenvalue weighted by atomic mass is 9.90. The van der Waals surface area contributed by atoms with E-state index in [2.05, 4.69) is 9.97 Å². The number of aliphatic hydroxyl groups is 1. The molecule has 1 aromatic heterocycles. The summed E-state index contributed by atoms with van der Waals surface area (Å²) in [6.07, 6.45) is 10.0. The van der Waals surface area contributed by atoms with Crippen LogP contribution in [-0.2, 0) is 6.61 Å². The van der Waals surface area contributed by atoms with Gasteiger partial charge in [-0.2, -0.15) is 0 Å². The van der Waals surface area contributed by atoms with Crippen LogP contribution in [0.1, 0.15) is 37.7 Å². The molecule has 2 aromatic rings. The van der Waals surface area contributed by atoms with Crippen molar-refractivity contribution in [1.29, 1.82) is 0 Å². The molecule has 4 heteroatoms. The molecule has 1 aliphatic rings. The molecule has 3 rings (SSSR count). The van der Waals surface area contributed by atoms with Crippen LogP contribution in [0.25, 0.3) is 11.4 Å². The van der Waals surface area contributed by atoms with Crippen molar-refractivity contribution < 1.29 is 9.84 Å². The molecular weight excluding hydrogens is 276 g/mol. The smallest absolute Gasteiger partial charge is 0.159 e. The van der Waals surface area contributed by atoms with E-state index < -0.39 is 0 Å². The Morgan fingerprint density at radius 1 is 1.09 bits per heavy atom. The van der Waals surface area contributed by atoms with Crippen LogP contribution in [0, 0.1) is 5.92 Å². The highest BCUT2D eigenvalue weighted by atomic mass is 16.5. The van der Waals surface area contributed by atoms with Crippen molar-refractivity contribution in [2.75, 3.05) is 6.61 Å². The third-order valence-electron chi connectivity index (χ3n) is 4.21. The minimum absolute atomic E-state index is 0.0242. The van der Waals surface area contributed by atoms with Gasteiger partial charge in [-0.1, -0.05) is 37.5 Å². The molecule has 1 fully saturated rings. The second-order valence-corrected chi connectivity index (χ2v) is 5.92. The highest BCUT2D eigenvalue weighted by Crippen LogP contribution is 2.24. The fourth-order valence-corrected chi connectivity index (χ4v) is 2.92. The van der Waals surface area contributed by atoms with Crippen LogP contribution in [-0.4, -0.2) is 21.7 Å². The minimum Gasteiger partial charge on any atom is -0.490 e. The summed E-state index contributed by atoms with van der Waals surface area (Å²) < 4.78 is 5.82. The number of hydrogen-bond donors (Lipinski definition) is 1. The molecule has 0 atom stereocenters. The highest BCUT2D eigenvalue weighted by Gasteiger charge is 2.14. The maximum absolute atomic E-state index is 9.19. The van der Waals surface area contributed by atoms with Gasteiger partial charge in [0.15, 0.2) is 11.6 Å². The molecule has 0 unspecified atom stereocenters. The Hall–Kier alpha value is -1.94. The molecule has 0 amide bonds. The summed E-state index contributed by atoms with van der Waals surface area (Å²) in [6.45, 7) is 0.791. The predicted octanol–water partition coefficient (Wildman–Crippen LogP) is 3.60. The first-order chi connectivity index (χ1) is 10.8. The second kappa shape index (κ2) is 7.36. The summed E-state index contributed by atoms with van der Waals surface area (Å²) in [5.74, 6) is 2.06. The molecule has 0 aliphatic heterocycles. The number of aliphatic hydroxyl groups excluding tert-OH is 1. The van der Waals surface area contributed by atoms with Crippen molar-refractivity contribution in [3.8, 4) is 17.1 Å².